The summed E-state index contributed by atoms with van der Waals surface area (Å²) in [6.45, 7) is 3.16. The smallest absolute Gasteiger partial charge is 0.461 e. The van der Waals surface area contributed by atoms with Gasteiger partial charge in [-0.25, -0.2) is 9.59 Å². The van der Waals surface area contributed by atoms with Crippen LogP contribution in [-0.2, 0) is 39.9 Å². The largest absolute Gasteiger partial charge is 0.509 e. The molecule has 0 bridgehead atoms. The van der Waals surface area contributed by atoms with E-state index in [0.717, 1.165) is 10.0 Å². The molecule has 5 atom stereocenters. The minimum absolute atomic E-state index is 0.00994. The van der Waals surface area contributed by atoms with E-state index in [9.17, 15) is 19.2 Å². The van der Waals surface area contributed by atoms with E-state index in [1.165, 1.54) is 13.8 Å². The summed E-state index contributed by atoms with van der Waals surface area (Å²) in [5.41, 5.74) is 1.03. The Kier molecular flexibility index (Phi) is 9.01. The van der Waals surface area contributed by atoms with E-state index in [1.807, 2.05) is 23.1 Å². The summed E-state index contributed by atoms with van der Waals surface area (Å²) < 4.78 is 28.7. The van der Waals surface area contributed by atoms with Crippen molar-refractivity contribution in [3.05, 3.63) is 70.2 Å². The Balaban J connectivity index is 1.58. The standard InChI is InChI=1S/C27H28BrNO9/c1-16(30)35-21-12-13-29-14-22(37-27(33)34-15-18-6-4-3-5-7-18)24(25(23(21)29)36-17(2)31)38-26(32)19-8-10-20(28)11-9-19/h3-11,21-25H,12-15H2,1-2H3/t21-,22-,23+,24+,25+/m0/s1. The average Bonchev–Trinajstić information content (AvgIpc) is 3.26. The number of nitrogens with zero attached hydrogens (tertiary/aromatic N) is 1. The van der Waals surface area contributed by atoms with Gasteiger partial charge in [-0.3, -0.25) is 14.5 Å². The average molecular weight is 590 g/mol. The van der Waals surface area contributed by atoms with Gasteiger partial charge in [-0.15, -0.1) is 0 Å². The maximum atomic E-state index is 13.1. The molecule has 2 aliphatic rings. The van der Waals surface area contributed by atoms with Gasteiger partial charge in [0.2, 0.25) is 0 Å². The quantitative estimate of drug-likeness (QED) is 0.350. The first-order valence-electron chi connectivity index (χ1n) is 12.1. The van der Waals surface area contributed by atoms with Crippen LogP contribution in [0.5, 0.6) is 0 Å². The molecule has 2 aromatic carbocycles. The highest BCUT2D eigenvalue weighted by Gasteiger charge is 2.55. The maximum Gasteiger partial charge on any atom is 0.509 e. The summed E-state index contributed by atoms with van der Waals surface area (Å²) in [5, 5.41) is 0. The fraction of sp³-hybridized carbons (Fsp3) is 0.407. The van der Waals surface area contributed by atoms with Gasteiger partial charge in [-0.2, -0.15) is 0 Å². The molecule has 2 saturated heterocycles. The number of benzene rings is 2. The lowest BCUT2D eigenvalue weighted by atomic mass is 9.92. The molecule has 0 aromatic heterocycles. The fourth-order valence-corrected chi connectivity index (χ4v) is 5.05. The van der Waals surface area contributed by atoms with Crippen molar-refractivity contribution in [1.82, 2.24) is 4.90 Å². The second-order valence-corrected chi connectivity index (χ2v) is 9.97. The molecule has 2 aliphatic heterocycles. The van der Waals surface area contributed by atoms with E-state index < -0.39 is 54.5 Å². The molecule has 0 amide bonds. The van der Waals surface area contributed by atoms with E-state index >= 15 is 0 Å². The summed E-state index contributed by atoms with van der Waals surface area (Å²) in [4.78, 5) is 51.6. The molecule has 0 N–H and O–H groups in total. The van der Waals surface area contributed by atoms with Crippen LogP contribution in [0, 0.1) is 0 Å². The zero-order chi connectivity index (χ0) is 27.2. The topological polar surface area (TPSA) is 118 Å². The highest BCUT2D eigenvalue weighted by molar-refractivity contribution is 9.10. The molecule has 11 heteroatoms. The first kappa shape index (κ1) is 27.6. The molecule has 38 heavy (non-hydrogen) atoms. The minimum Gasteiger partial charge on any atom is -0.461 e. The van der Waals surface area contributed by atoms with E-state index in [0.29, 0.717) is 13.0 Å². The van der Waals surface area contributed by atoms with Gasteiger partial charge in [0.1, 0.15) is 12.7 Å². The second-order valence-electron chi connectivity index (χ2n) is 9.05. The third-order valence-corrected chi connectivity index (χ3v) is 6.86. The third kappa shape index (κ3) is 6.90. The van der Waals surface area contributed by atoms with Crippen LogP contribution in [0.3, 0.4) is 0 Å². The number of piperidine rings is 1. The summed E-state index contributed by atoms with van der Waals surface area (Å²) in [6.07, 6.45) is -4.36. The molecule has 0 spiro atoms. The molecule has 2 aromatic rings. The van der Waals surface area contributed by atoms with Crippen molar-refractivity contribution in [3.8, 4) is 0 Å². The van der Waals surface area contributed by atoms with E-state index in [1.54, 1.807) is 36.4 Å². The fourth-order valence-electron chi connectivity index (χ4n) is 4.79. The number of hydrogen-bond donors (Lipinski definition) is 0. The van der Waals surface area contributed by atoms with Crippen molar-refractivity contribution in [1.29, 1.82) is 0 Å². The number of carbonyl (C=O) groups excluding carboxylic acids is 4. The predicted molar refractivity (Wildman–Crippen MR) is 136 cm³/mol. The maximum absolute atomic E-state index is 13.1. The molecular weight excluding hydrogens is 562 g/mol. The van der Waals surface area contributed by atoms with Crippen molar-refractivity contribution in [2.45, 2.75) is 57.3 Å². The van der Waals surface area contributed by atoms with Gasteiger partial charge in [-0.1, -0.05) is 46.3 Å². The molecule has 0 aliphatic carbocycles. The van der Waals surface area contributed by atoms with Gasteiger partial charge in [-0.05, 0) is 36.2 Å². The zero-order valence-corrected chi connectivity index (χ0v) is 22.5. The summed E-state index contributed by atoms with van der Waals surface area (Å²) in [6, 6.07) is 15.0. The van der Waals surface area contributed by atoms with Crippen molar-refractivity contribution in [2.24, 2.45) is 0 Å². The monoisotopic (exact) mass is 589 g/mol. The summed E-state index contributed by atoms with van der Waals surface area (Å²) in [7, 11) is 0. The number of fused-ring (bicyclic) bond motifs is 1. The molecular formula is C27H28BrNO9. The zero-order valence-electron chi connectivity index (χ0n) is 20.9. The Morgan fingerprint density at radius 1 is 0.842 bits per heavy atom. The van der Waals surface area contributed by atoms with Crippen LogP contribution in [-0.4, -0.2) is 72.5 Å². The second kappa shape index (κ2) is 12.4. The number of esters is 3. The summed E-state index contributed by atoms with van der Waals surface area (Å²) in [5.74, 6) is -1.80. The molecule has 2 fully saturated rings. The van der Waals surface area contributed by atoms with Gasteiger partial charge in [0.15, 0.2) is 18.3 Å². The van der Waals surface area contributed by atoms with Crippen LogP contribution < -0.4 is 0 Å². The molecule has 0 unspecified atom stereocenters. The molecule has 10 nitrogen and oxygen atoms in total. The van der Waals surface area contributed by atoms with Crippen LogP contribution >= 0.6 is 15.9 Å². The first-order valence-corrected chi connectivity index (χ1v) is 12.9. The predicted octanol–water partition coefficient (Wildman–Crippen LogP) is 3.65. The van der Waals surface area contributed by atoms with Crippen LogP contribution in [0.2, 0.25) is 0 Å². The van der Waals surface area contributed by atoms with Gasteiger partial charge >= 0.3 is 24.1 Å². The third-order valence-electron chi connectivity index (χ3n) is 6.33. The molecule has 202 valence electrons. The number of ether oxygens (including phenoxy) is 5. The Bertz CT molecular complexity index is 1160. The van der Waals surface area contributed by atoms with Crippen LogP contribution in [0.1, 0.15) is 36.2 Å². The van der Waals surface area contributed by atoms with Crippen LogP contribution in [0.25, 0.3) is 0 Å². The van der Waals surface area contributed by atoms with Gasteiger partial charge in [0.25, 0.3) is 0 Å². The lowest BCUT2D eigenvalue weighted by Crippen LogP contribution is -2.64. The highest BCUT2D eigenvalue weighted by Crippen LogP contribution is 2.35. The highest BCUT2D eigenvalue weighted by atomic mass is 79.9. The van der Waals surface area contributed by atoms with Crippen molar-refractivity contribution in [3.63, 3.8) is 0 Å². The Hall–Kier alpha value is -3.44. The lowest BCUT2D eigenvalue weighted by molar-refractivity contribution is -0.187. The van der Waals surface area contributed by atoms with Crippen molar-refractivity contribution in [2.75, 3.05) is 13.1 Å². The Labute approximate surface area is 228 Å². The Morgan fingerprint density at radius 2 is 1.53 bits per heavy atom. The first-order chi connectivity index (χ1) is 18.2. The lowest BCUT2D eigenvalue weighted by Gasteiger charge is -2.45. The summed E-state index contributed by atoms with van der Waals surface area (Å²) >= 11 is 3.33. The van der Waals surface area contributed by atoms with Crippen LogP contribution in [0.4, 0.5) is 4.79 Å². The molecule has 0 radical (unpaired) electrons. The normalized spacial score (nSPS) is 24.6. The minimum atomic E-state index is -1.18. The number of hydrogen-bond acceptors (Lipinski definition) is 10. The van der Waals surface area contributed by atoms with Crippen LogP contribution in [0.15, 0.2) is 59.1 Å². The van der Waals surface area contributed by atoms with E-state index in [4.69, 9.17) is 23.7 Å². The van der Waals surface area contributed by atoms with E-state index in [-0.39, 0.29) is 18.7 Å². The molecule has 4 rings (SSSR count). The molecule has 0 saturated carbocycles. The Morgan fingerprint density at radius 3 is 2.18 bits per heavy atom. The number of carbonyl (C=O) groups is 4. The van der Waals surface area contributed by atoms with Gasteiger partial charge in [0, 0.05) is 31.4 Å². The number of rotatable bonds is 7. The van der Waals surface area contributed by atoms with Gasteiger partial charge < -0.3 is 23.7 Å². The molecule has 2 heterocycles. The van der Waals surface area contributed by atoms with Crippen molar-refractivity contribution < 1.29 is 42.9 Å². The van der Waals surface area contributed by atoms with E-state index in [2.05, 4.69) is 15.9 Å². The number of halogens is 1. The van der Waals surface area contributed by atoms with Crippen molar-refractivity contribution >= 4 is 40.0 Å². The van der Waals surface area contributed by atoms with Gasteiger partial charge in [0.05, 0.1) is 11.6 Å². The SMILES string of the molecule is CC(=O)O[C@H]1[C@H](OC(=O)c2ccc(Br)cc2)[C@@H](OC(=O)OCc2ccccc2)CN2CC[C@H](OC(C)=O)[C@H]12.